The summed E-state index contributed by atoms with van der Waals surface area (Å²) in [6.07, 6.45) is -3.25. The molecule has 1 heterocycles. The maximum Gasteiger partial charge on any atom is 0.435 e. The maximum absolute atomic E-state index is 13.9. The minimum atomic E-state index is -4.64. The molecule has 1 atom stereocenters. The van der Waals surface area contributed by atoms with Gasteiger partial charge in [-0.15, -0.1) is 0 Å². The summed E-state index contributed by atoms with van der Waals surface area (Å²) < 4.78 is 74.7. The summed E-state index contributed by atoms with van der Waals surface area (Å²) in [6.45, 7) is -0.439. The molecule has 0 fully saturated rings. The first kappa shape index (κ1) is 28.3. The Bertz CT molecular complexity index is 1330. The Labute approximate surface area is 222 Å². The molecule has 0 saturated carbocycles. The lowest BCUT2D eigenvalue weighted by atomic mass is 9.92. The van der Waals surface area contributed by atoms with Crippen LogP contribution in [0, 0.1) is 17.6 Å². The number of fused-ring (bicyclic) bond motifs is 1. The molecule has 208 valence electrons. The van der Waals surface area contributed by atoms with Crippen LogP contribution in [0.1, 0.15) is 41.8 Å². The Balaban J connectivity index is 1.59. The minimum Gasteiger partial charge on any atom is -0.497 e. The van der Waals surface area contributed by atoms with Gasteiger partial charge in [-0.25, -0.2) is 8.78 Å². The zero-order chi connectivity index (χ0) is 28.3. The molecule has 0 spiro atoms. The van der Waals surface area contributed by atoms with Gasteiger partial charge in [-0.2, -0.15) is 18.3 Å². The van der Waals surface area contributed by atoms with Gasteiger partial charge in [-0.05, 0) is 74.1 Å². The smallest absolute Gasteiger partial charge is 0.435 e. The van der Waals surface area contributed by atoms with Crippen molar-refractivity contribution in [3.05, 3.63) is 76.6 Å². The predicted molar refractivity (Wildman–Crippen MR) is 133 cm³/mol. The molecule has 2 aromatic carbocycles. The lowest BCUT2D eigenvalue weighted by Gasteiger charge is -2.24. The van der Waals surface area contributed by atoms with Crippen LogP contribution in [0.2, 0.25) is 0 Å². The summed E-state index contributed by atoms with van der Waals surface area (Å²) in [5.74, 6) is -3.11. The van der Waals surface area contributed by atoms with E-state index in [0.717, 1.165) is 16.8 Å². The number of hydrogen-bond acceptors (Lipinski definition) is 4. The number of hydrogen-bond donors (Lipinski definition) is 0. The van der Waals surface area contributed by atoms with E-state index >= 15 is 0 Å². The number of nitrogens with zero attached hydrogens (tertiary/aromatic N) is 3. The van der Waals surface area contributed by atoms with Crippen molar-refractivity contribution in [2.45, 2.75) is 51.2 Å². The Hall–Kier alpha value is -3.76. The van der Waals surface area contributed by atoms with Gasteiger partial charge in [0, 0.05) is 42.4 Å². The number of methoxy groups -OCH3 is 1. The monoisotopic (exact) mass is 549 g/mol. The first-order valence-electron chi connectivity index (χ1n) is 12.5. The van der Waals surface area contributed by atoms with E-state index in [0.29, 0.717) is 42.5 Å². The van der Waals surface area contributed by atoms with Gasteiger partial charge in [0.15, 0.2) is 11.5 Å². The van der Waals surface area contributed by atoms with E-state index in [4.69, 9.17) is 4.74 Å². The molecular formula is C28H28F5N3O3. The van der Waals surface area contributed by atoms with E-state index in [-0.39, 0.29) is 30.4 Å². The van der Waals surface area contributed by atoms with Crippen LogP contribution < -0.4 is 9.64 Å². The molecule has 0 bridgehead atoms. The minimum absolute atomic E-state index is 0.114. The third-order valence-electron chi connectivity index (χ3n) is 6.87. The Morgan fingerprint density at radius 1 is 1.05 bits per heavy atom. The lowest BCUT2D eigenvalue weighted by molar-refractivity contribution is -0.142. The van der Waals surface area contributed by atoms with Crippen LogP contribution in [0.15, 0.2) is 42.5 Å². The number of halogens is 5. The topological polar surface area (TPSA) is 64.4 Å². The highest BCUT2D eigenvalue weighted by atomic mass is 19.4. The maximum atomic E-state index is 13.9. The summed E-state index contributed by atoms with van der Waals surface area (Å²) in [7, 11) is 3.01. The number of anilines is 1. The van der Waals surface area contributed by atoms with Crippen molar-refractivity contribution in [2.24, 2.45) is 5.92 Å². The lowest BCUT2D eigenvalue weighted by Crippen LogP contribution is -2.36. The molecule has 11 heteroatoms. The highest BCUT2D eigenvalue weighted by molar-refractivity contribution is 5.97. The highest BCUT2D eigenvalue weighted by Gasteiger charge is 2.40. The van der Waals surface area contributed by atoms with Gasteiger partial charge in [0.1, 0.15) is 17.4 Å². The number of amides is 1. The molecule has 1 aliphatic carbocycles. The first-order chi connectivity index (χ1) is 18.5. The zero-order valence-corrected chi connectivity index (χ0v) is 21.5. The number of ketones is 1. The second-order valence-electron chi connectivity index (χ2n) is 9.65. The molecule has 0 aliphatic heterocycles. The van der Waals surface area contributed by atoms with Gasteiger partial charge in [0.25, 0.3) is 0 Å². The van der Waals surface area contributed by atoms with Crippen molar-refractivity contribution in [3.63, 3.8) is 0 Å². The molecule has 3 aromatic rings. The van der Waals surface area contributed by atoms with Crippen LogP contribution in [0.4, 0.5) is 27.6 Å². The van der Waals surface area contributed by atoms with Crippen molar-refractivity contribution >= 4 is 17.4 Å². The van der Waals surface area contributed by atoms with Crippen molar-refractivity contribution in [2.75, 3.05) is 19.1 Å². The van der Waals surface area contributed by atoms with E-state index in [9.17, 15) is 31.5 Å². The summed E-state index contributed by atoms with van der Waals surface area (Å²) in [6, 6.07) is 9.47. The number of alkyl halides is 3. The normalized spacial score (nSPS) is 14.0. The molecule has 6 nitrogen and oxygen atoms in total. The van der Waals surface area contributed by atoms with Crippen LogP contribution in [0.25, 0.3) is 0 Å². The Morgan fingerprint density at radius 2 is 1.69 bits per heavy atom. The molecule has 1 aromatic heterocycles. The number of ether oxygens (including phenoxy) is 1. The Morgan fingerprint density at radius 3 is 2.31 bits per heavy atom. The fourth-order valence-corrected chi connectivity index (χ4v) is 5.00. The summed E-state index contributed by atoms with van der Waals surface area (Å²) in [5, 5.41) is 3.73. The second-order valence-corrected chi connectivity index (χ2v) is 9.65. The third-order valence-corrected chi connectivity index (χ3v) is 6.87. The van der Waals surface area contributed by atoms with E-state index in [1.807, 2.05) is 0 Å². The second kappa shape index (κ2) is 11.5. The standard InChI is InChI=1S/C28H28F5N3O3/c1-35(21-7-9-23(39-2)10-8-21)27(38)18(11-17-12-19(29)15-20(30)13-17)14-22(37)16-36-25-6-4-3-5-24(25)26(34-36)28(31,32)33/h7-10,12-13,15,18H,3-6,11,14,16H2,1-2H3/t18-/m1/s1. The van der Waals surface area contributed by atoms with Gasteiger partial charge < -0.3 is 9.64 Å². The van der Waals surface area contributed by atoms with Crippen LogP contribution >= 0.6 is 0 Å². The molecule has 0 radical (unpaired) electrons. The molecule has 1 aliphatic rings. The molecule has 4 rings (SSSR count). The molecule has 0 unspecified atom stereocenters. The first-order valence-corrected chi connectivity index (χ1v) is 12.5. The number of carbonyl (C=O) groups excluding carboxylic acids is 2. The van der Waals surface area contributed by atoms with E-state index in [1.54, 1.807) is 24.3 Å². The number of carbonyl (C=O) groups is 2. The third kappa shape index (κ3) is 6.63. The molecule has 1 amide bonds. The largest absolute Gasteiger partial charge is 0.497 e. The van der Waals surface area contributed by atoms with Gasteiger partial charge in [0.05, 0.1) is 13.7 Å². The average Bonchev–Trinajstić information content (AvgIpc) is 3.26. The summed E-state index contributed by atoms with van der Waals surface area (Å²) >= 11 is 0. The van der Waals surface area contributed by atoms with Crippen LogP contribution in [0.3, 0.4) is 0 Å². The van der Waals surface area contributed by atoms with Gasteiger partial charge in [-0.1, -0.05) is 0 Å². The van der Waals surface area contributed by atoms with Gasteiger partial charge in [-0.3, -0.25) is 14.3 Å². The Kier molecular flexibility index (Phi) is 8.36. The quantitative estimate of drug-likeness (QED) is 0.329. The van der Waals surface area contributed by atoms with Gasteiger partial charge >= 0.3 is 6.18 Å². The average molecular weight is 550 g/mol. The predicted octanol–water partition coefficient (Wildman–Crippen LogP) is 5.55. The molecule has 39 heavy (non-hydrogen) atoms. The van der Waals surface area contributed by atoms with Crippen molar-refractivity contribution in [3.8, 4) is 5.75 Å². The fraction of sp³-hybridized carbons (Fsp3) is 0.393. The van der Waals surface area contributed by atoms with E-state index in [1.165, 1.54) is 19.1 Å². The van der Waals surface area contributed by atoms with Crippen molar-refractivity contribution in [1.82, 2.24) is 9.78 Å². The van der Waals surface area contributed by atoms with Crippen LogP contribution in [-0.2, 0) is 41.6 Å². The number of aromatic nitrogens is 2. The van der Waals surface area contributed by atoms with Crippen LogP contribution in [-0.4, -0.2) is 35.6 Å². The van der Waals surface area contributed by atoms with E-state index < -0.39 is 47.7 Å². The molecule has 0 saturated heterocycles. The number of benzene rings is 2. The molecule has 0 N–H and O–H groups in total. The molecular weight excluding hydrogens is 521 g/mol. The number of Topliss-reactive ketones (excluding diaryl/α,β-unsaturated/α-hetero) is 1. The SMILES string of the molecule is COc1ccc(N(C)C(=O)[C@@H](CC(=O)Cn2nc(C(F)(F)F)c3c2CCCC3)Cc2cc(F)cc(F)c2)cc1. The highest BCUT2D eigenvalue weighted by Crippen LogP contribution is 2.36. The van der Waals surface area contributed by atoms with Gasteiger partial charge in [0.2, 0.25) is 5.91 Å². The van der Waals surface area contributed by atoms with Crippen molar-refractivity contribution < 1.29 is 36.3 Å². The summed E-state index contributed by atoms with van der Waals surface area (Å²) in [5.41, 5.74) is 0.195. The van der Waals surface area contributed by atoms with Crippen LogP contribution in [0.5, 0.6) is 5.75 Å². The van der Waals surface area contributed by atoms with Crippen molar-refractivity contribution in [1.29, 1.82) is 0 Å². The zero-order valence-electron chi connectivity index (χ0n) is 21.5. The summed E-state index contributed by atoms with van der Waals surface area (Å²) in [4.78, 5) is 28.0. The number of rotatable bonds is 9. The van der Waals surface area contributed by atoms with E-state index in [2.05, 4.69) is 5.10 Å². The fourth-order valence-electron chi connectivity index (χ4n) is 5.00.